The van der Waals surface area contributed by atoms with E-state index in [-0.39, 0.29) is 27.5 Å². The first-order valence-corrected chi connectivity index (χ1v) is 7.31. The predicted octanol–water partition coefficient (Wildman–Crippen LogP) is 2.80. The molecular formula is C12H10ClF3N4OS. The van der Waals surface area contributed by atoms with E-state index in [1.54, 1.807) is 0 Å². The largest absolute Gasteiger partial charge is 0.417 e. The second kappa shape index (κ2) is 6.57. The van der Waals surface area contributed by atoms with Crippen LogP contribution in [0.1, 0.15) is 5.56 Å². The lowest BCUT2D eigenvalue weighted by Crippen LogP contribution is -2.25. The third kappa shape index (κ3) is 3.72. The van der Waals surface area contributed by atoms with Crippen LogP contribution in [0.4, 0.5) is 13.2 Å². The van der Waals surface area contributed by atoms with Gasteiger partial charge < -0.3 is 5.32 Å². The van der Waals surface area contributed by atoms with Gasteiger partial charge in [0.1, 0.15) is 0 Å². The molecule has 1 N–H and O–H groups in total. The van der Waals surface area contributed by atoms with Crippen molar-refractivity contribution in [3.63, 3.8) is 0 Å². The Morgan fingerprint density at radius 3 is 2.86 bits per heavy atom. The van der Waals surface area contributed by atoms with Crippen LogP contribution in [0.2, 0.25) is 5.02 Å². The van der Waals surface area contributed by atoms with Crippen LogP contribution in [0.15, 0.2) is 30.1 Å². The van der Waals surface area contributed by atoms with Gasteiger partial charge in [-0.1, -0.05) is 29.4 Å². The topological polar surface area (TPSA) is 59.3 Å². The zero-order valence-corrected chi connectivity index (χ0v) is 12.6. The van der Waals surface area contributed by atoms with Crippen molar-refractivity contribution in [3.05, 3.63) is 35.5 Å². The molecule has 22 heavy (non-hydrogen) atoms. The number of rotatable bonds is 5. The summed E-state index contributed by atoms with van der Waals surface area (Å²) >= 11 is 6.75. The number of alkyl halides is 3. The number of thioether (sulfide) groups is 1. The summed E-state index contributed by atoms with van der Waals surface area (Å²) in [5.41, 5.74) is -0.813. The van der Waals surface area contributed by atoms with Crippen molar-refractivity contribution in [1.29, 1.82) is 0 Å². The maximum Gasteiger partial charge on any atom is 0.417 e. The highest BCUT2D eigenvalue weighted by Crippen LogP contribution is 2.33. The SMILES string of the molecule is C=CCNC(=O)CSc1nnc2c(Cl)cc(C(F)(F)F)cn12. The van der Waals surface area contributed by atoms with Gasteiger partial charge in [0.05, 0.1) is 16.3 Å². The summed E-state index contributed by atoms with van der Waals surface area (Å²) in [7, 11) is 0. The van der Waals surface area contributed by atoms with E-state index in [0.717, 1.165) is 28.4 Å². The number of nitrogens with one attached hydrogen (secondary N) is 1. The third-order valence-electron chi connectivity index (χ3n) is 2.53. The van der Waals surface area contributed by atoms with Gasteiger partial charge in [0.15, 0.2) is 10.8 Å². The van der Waals surface area contributed by atoms with Gasteiger partial charge in [0.25, 0.3) is 0 Å². The Balaban J connectivity index is 2.26. The summed E-state index contributed by atoms with van der Waals surface area (Å²) in [6, 6.07) is 0.788. The van der Waals surface area contributed by atoms with Crippen molar-refractivity contribution in [2.45, 2.75) is 11.3 Å². The van der Waals surface area contributed by atoms with Crippen molar-refractivity contribution >= 4 is 34.9 Å². The molecule has 0 radical (unpaired) electrons. The van der Waals surface area contributed by atoms with Crippen molar-refractivity contribution < 1.29 is 18.0 Å². The van der Waals surface area contributed by atoms with Crippen LogP contribution in [-0.4, -0.2) is 32.8 Å². The van der Waals surface area contributed by atoms with Gasteiger partial charge in [-0.2, -0.15) is 13.2 Å². The lowest BCUT2D eigenvalue weighted by atomic mass is 10.3. The molecule has 5 nitrogen and oxygen atoms in total. The van der Waals surface area contributed by atoms with Crippen LogP contribution in [0.3, 0.4) is 0 Å². The Morgan fingerprint density at radius 1 is 1.50 bits per heavy atom. The number of nitrogens with zero attached hydrogens (tertiary/aromatic N) is 3. The number of halogens is 4. The van der Waals surface area contributed by atoms with E-state index >= 15 is 0 Å². The molecule has 118 valence electrons. The fourth-order valence-electron chi connectivity index (χ4n) is 1.55. The van der Waals surface area contributed by atoms with Crippen LogP contribution in [-0.2, 0) is 11.0 Å². The molecule has 0 spiro atoms. The lowest BCUT2D eigenvalue weighted by molar-refractivity contribution is -0.137. The summed E-state index contributed by atoms with van der Waals surface area (Å²) in [5, 5.41) is 10.0. The highest BCUT2D eigenvalue weighted by molar-refractivity contribution is 7.99. The summed E-state index contributed by atoms with van der Waals surface area (Å²) < 4.78 is 39.5. The molecule has 0 aliphatic rings. The normalized spacial score (nSPS) is 11.6. The molecule has 0 saturated heterocycles. The van der Waals surface area contributed by atoms with E-state index in [1.165, 1.54) is 6.08 Å². The molecule has 1 amide bonds. The zero-order chi connectivity index (χ0) is 16.3. The Labute approximate surface area is 132 Å². The van der Waals surface area contributed by atoms with Gasteiger partial charge in [-0.25, -0.2) is 0 Å². The number of hydrogen-bond donors (Lipinski definition) is 1. The smallest absolute Gasteiger partial charge is 0.352 e. The van der Waals surface area contributed by atoms with Gasteiger partial charge in [0.2, 0.25) is 5.91 Å². The Bertz CT molecular complexity index is 716. The van der Waals surface area contributed by atoms with Gasteiger partial charge >= 0.3 is 6.18 Å². The standard InChI is InChI=1S/C12H10ClF3N4OS/c1-2-3-17-9(21)6-22-11-19-18-10-8(13)4-7(5-20(10)11)12(14,15)16/h2,4-5H,1,3,6H2,(H,17,21). The highest BCUT2D eigenvalue weighted by Gasteiger charge is 2.32. The van der Waals surface area contributed by atoms with Crippen molar-refractivity contribution in [1.82, 2.24) is 19.9 Å². The Kier molecular flexibility index (Phi) is 4.97. The Morgan fingerprint density at radius 2 is 2.23 bits per heavy atom. The van der Waals surface area contributed by atoms with E-state index in [1.807, 2.05) is 0 Å². The molecule has 0 atom stereocenters. The third-order valence-corrected chi connectivity index (χ3v) is 3.75. The van der Waals surface area contributed by atoms with Gasteiger partial charge in [-0.3, -0.25) is 9.20 Å². The molecule has 0 aliphatic heterocycles. The molecule has 0 aliphatic carbocycles. The van der Waals surface area contributed by atoms with Crippen LogP contribution >= 0.6 is 23.4 Å². The lowest BCUT2D eigenvalue weighted by Gasteiger charge is -2.08. The van der Waals surface area contributed by atoms with E-state index in [9.17, 15) is 18.0 Å². The highest BCUT2D eigenvalue weighted by atomic mass is 35.5. The minimum absolute atomic E-state index is 0.0114. The summed E-state index contributed by atoms with van der Waals surface area (Å²) in [4.78, 5) is 11.5. The molecule has 0 aromatic carbocycles. The van der Waals surface area contributed by atoms with Crippen LogP contribution in [0.25, 0.3) is 5.65 Å². The number of fused-ring (bicyclic) bond motifs is 1. The van der Waals surface area contributed by atoms with Crippen LogP contribution in [0, 0.1) is 0 Å². The fraction of sp³-hybridized carbons (Fsp3) is 0.250. The number of aromatic nitrogens is 3. The number of amides is 1. The molecule has 2 aromatic heterocycles. The maximum atomic E-state index is 12.8. The number of hydrogen-bond acceptors (Lipinski definition) is 4. The molecule has 0 unspecified atom stereocenters. The number of carbonyl (C=O) groups excluding carboxylic acids is 1. The molecule has 2 aromatic rings. The first-order chi connectivity index (χ1) is 10.3. The second-order valence-electron chi connectivity index (χ2n) is 4.13. The summed E-state index contributed by atoms with van der Waals surface area (Å²) in [6.07, 6.45) is -2.17. The minimum Gasteiger partial charge on any atom is -0.352 e. The van der Waals surface area contributed by atoms with E-state index in [0.29, 0.717) is 6.54 Å². The van der Waals surface area contributed by atoms with E-state index < -0.39 is 11.7 Å². The average molecular weight is 351 g/mol. The van der Waals surface area contributed by atoms with Crippen molar-refractivity contribution in [2.24, 2.45) is 0 Å². The van der Waals surface area contributed by atoms with Gasteiger partial charge in [-0.05, 0) is 6.07 Å². The average Bonchev–Trinajstić information content (AvgIpc) is 2.85. The second-order valence-corrected chi connectivity index (χ2v) is 5.48. The first kappa shape index (κ1) is 16.6. The van der Waals surface area contributed by atoms with E-state index in [2.05, 4.69) is 22.1 Å². The monoisotopic (exact) mass is 350 g/mol. The molecule has 0 bridgehead atoms. The van der Waals surface area contributed by atoms with Gasteiger partial charge in [0, 0.05) is 12.7 Å². The Hall–Kier alpha value is -1.74. The van der Waals surface area contributed by atoms with Crippen LogP contribution in [0.5, 0.6) is 0 Å². The maximum absolute atomic E-state index is 12.8. The predicted molar refractivity (Wildman–Crippen MR) is 76.9 cm³/mol. The number of carbonyl (C=O) groups is 1. The van der Waals surface area contributed by atoms with Gasteiger partial charge in [-0.15, -0.1) is 16.8 Å². The molecule has 0 fully saturated rings. The molecule has 2 rings (SSSR count). The van der Waals surface area contributed by atoms with Crippen molar-refractivity contribution in [3.8, 4) is 0 Å². The summed E-state index contributed by atoms with van der Waals surface area (Å²) in [5.74, 6) is -0.303. The molecule has 0 saturated carbocycles. The quantitative estimate of drug-likeness (QED) is 0.665. The minimum atomic E-state index is -4.54. The molecule has 10 heteroatoms. The first-order valence-electron chi connectivity index (χ1n) is 5.95. The molecular weight excluding hydrogens is 341 g/mol. The zero-order valence-electron chi connectivity index (χ0n) is 11.0. The fourth-order valence-corrected chi connectivity index (χ4v) is 2.54. The van der Waals surface area contributed by atoms with Crippen molar-refractivity contribution in [2.75, 3.05) is 12.3 Å². The van der Waals surface area contributed by atoms with E-state index in [4.69, 9.17) is 11.6 Å². The van der Waals surface area contributed by atoms with Crippen LogP contribution < -0.4 is 5.32 Å². The number of pyridine rings is 1. The molecule has 2 heterocycles. The summed E-state index contributed by atoms with van der Waals surface area (Å²) in [6.45, 7) is 3.77.